The second-order valence-electron chi connectivity index (χ2n) is 4.34. The number of hydrogen-bond acceptors (Lipinski definition) is 3. The zero-order chi connectivity index (χ0) is 12.5. The van der Waals surface area contributed by atoms with E-state index < -0.39 is 5.82 Å². The maximum Gasteiger partial charge on any atom is 0.164 e. The largest absolute Gasteiger partial charge is 0.315 e. The third-order valence-corrected chi connectivity index (χ3v) is 3.47. The van der Waals surface area contributed by atoms with Crippen LogP contribution in [0, 0.1) is 5.82 Å². The minimum atomic E-state index is -0.422. The van der Waals surface area contributed by atoms with E-state index in [1.165, 1.54) is 6.07 Å². The Labute approximate surface area is 109 Å². The van der Waals surface area contributed by atoms with E-state index in [4.69, 9.17) is 11.6 Å². The summed E-state index contributed by atoms with van der Waals surface area (Å²) >= 11 is 5.80. The fraction of sp³-hybridized carbons (Fsp3) is 0.333. The van der Waals surface area contributed by atoms with E-state index in [0.29, 0.717) is 6.04 Å². The normalized spacial score (nSPS) is 19.3. The molecule has 0 radical (unpaired) electrons. The second kappa shape index (κ2) is 4.66. The van der Waals surface area contributed by atoms with E-state index in [1.807, 2.05) is 4.57 Å². The number of rotatable bonds is 2. The van der Waals surface area contributed by atoms with Crippen molar-refractivity contribution in [2.24, 2.45) is 0 Å². The molecule has 6 heteroatoms. The molecule has 1 fully saturated rings. The van der Waals surface area contributed by atoms with E-state index in [1.54, 1.807) is 18.5 Å². The molecule has 2 heterocycles. The molecule has 4 nitrogen and oxygen atoms in total. The molecule has 0 spiro atoms. The number of nitrogens with zero attached hydrogens (tertiary/aromatic N) is 3. The first-order chi connectivity index (χ1) is 8.75. The average Bonchev–Trinajstić information content (AvgIpc) is 3.00. The summed E-state index contributed by atoms with van der Waals surface area (Å²) in [6.45, 7) is 1.90. The summed E-state index contributed by atoms with van der Waals surface area (Å²) in [5.74, 6) is 0.305. The Bertz CT molecular complexity index is 563. The van der Waals surface area contributed by atoms with Crippen molar-refractivity contribution in [1.29, 1.82) is 0 Å². The molecular weight excluding hydrogens is 255 g/mol. The number of nitrogens with one attached hydrogen (secondary N) is 1. The molecule has 1 saturated heterocycles. The molecule has 0 aliphatic carbocycles. The Morgan fingerprint density at radius 2 is 2.33 bits per heavy atom. The van der Waals surface area contributed by atoms with E-state index in [-0.39, 0.29) is 5.02 Å². The molecule has 0 bridgehead atoms. The van der Waals surface area contributed by atoms with Gasteiger partial charge in [-0.3, -0.25) is 0 Å². The Kier molecular flexibility index (Phi) is 3.01. The summed E-state index contributed by atoms with van der Waals surface area (Å²) in [5, 5.41) is 11.5. The van der Waals surface area contributed by atoms with Crippen LogP contribution in [0.15, 0.2) is 24.5 Å². The van der Waals surface area contributed by atoms with Crippen LogP contribution in [0.2, 0.25) is 5.02 Å². The summed E-state index contributed by atoms with van der Waals surface area (Å²) in [4.78, 5) is 0. The molecule has 0 amide bonds. The predicted octanol–water partition coefficient (Wildman–Crippen LogP) is 2.27. The number of hydrogen-bond donors (Lipinski definition) is 1. The first-order valence-electron chi connectivity index (χ1n) is 5.81. The van der Waals surface area contributed by atoms with Crippen molar-refractivity contribution in [2.45, 2.75) is 12.5 Å². The molecule has 0 saturated carbocycles. The van der Waals surface area contributed by atoms with Crippen LogP contribution in [0.25, 0.3) is 11.4 Å². The van der Waals surface area contributed by atoms with Crippen LogP contribution in [0.1, 0.15) is 12.5 Å². The maximum absolute atomic E-state index is 13.2. The van der Waals surface area contributed by atoms with Gasteiger partial charge in [0.05, 0.1) is 11.1 Å². The zero-order valence-corrected chi connectivity index (χ0v) is 10.4. The maximum atomic E-state index is 13.2. The second-order valence-corrected chi connectivity index (χ2v) is 4.74. The lowest BCUT2D eigenvalue weighted by Crippen LogP contribution is -2.13. The molecule has 1 atom stereocenters. The molecule has 18 heavy (non-hydrogen) atoms. The molecule has 1 N–H and O–H groups in total. The Morgan fingerprint density at radius 3 is 3.06 bits per heavy atom. The smallest absolute Gasteiger partial charge is 0.164 e. The molecular formula is C12H12ClFN4. The van der Waals surface area contributed by atoms with Crippen molar-refractivity contribution in [3.63, 3.8) is 0 Å². The quantitative estimate of drug-likeness (QED) is 0.907. The van der Waals surface area contributed by atoms with Gasteiger partial charge in [-0.15, -0.1) is 10.2 Å². The van der Waals surface area contributed by atoms with Crippen molar-refractivity contribution in [1.82, 2.24) is 20.1 Å². The van der Waals surface area contributed by atoms with Gasteiger partial charge in [0, 0.05) is 12.1 Å². The molecule has 1 aliphatic heterocycles. The molecule has 3 rings (SSSR count). The first kappa shape index (κ1) is 11.6. The van der Waals surface area contributed by atoms with Crippen LogP contribution in [0.3, 0.4) is 0 Å². The minimum Gasteiger partial charge on any atom is -0.315 e. The van der Waals surface area contributed by atoms with Crippen LogP contribution < -0.4 is 5.32 Å². The number of halogens is 2. The summed E-state index contributed by atoms with van der Waals surface area (Å²) < 4.78 is 15.2. The molecule has 1 unspecified atom stereocenters. The fourth-order valence-corrected chi connectivity index (χ4v) is 2.41. The van der Waals surface area contributed by atoms with Crippen LogP contribution >= 0.6 is 11.6 Å². The summed E-state index contributed by atoms with van der Waals surface area (Å²) in [7, 11) is 0. The van der Waals surface area contributed by atoms with Crippen molar-refractivity contribution in [3.8, 4) is 11.4 Å². The van der Waals surface area contributed by atoms with E-state index in [9.17, 15) is 4.39 Å². The molecule has 1 aliphatic rings. The van der Waals surface area contributed by atoms with E-state index in [0.717, 1.165) is 30.9 Å². The number of aromatic nitrogens is 3. The zero-order valence-electron chi connectivity index (χ0n) is 9.61. The molecule has 1 aromatic heterocycles. The van der Waals surface area contributed by atoms with Gasteiger partial charge in [0.2, 0.25) is 0 Å². The van der Waals surface area contributed by atoms with E-state index in [2.05, 4.69) is 15.5 Å². The van der Waals surface area contributed by atoms with Gasteiger partial charge in [-0.1, -0.05) is 11.6 Å². The van der Waals surface area contributed by atoms with Gasteiger partial charge < -0.3 is 9.88 Å². The molecule has 1 aromatic carbocycles. The third kappa shape index (κ3) is 2.00. The third-order valence-electron chi connectivity index (χ3n) is 3.18. The van der Waals surface area contributed by atoms with Gasteiger partial charge in [-0.25, -0.2) is 4.39 Å². The van der Waals surface area contributed by atoms with Crippen molar-refractivity contribution < 1.29 is 4.39 Å². The lowest BCUT2D eigenvalue weighted by Gasteiger charge is -2.13. The monoisotopic (exact) mass is 266 g/mol. The van der Waals surface area contributed by atoms with E-state index >= 15 is 0 Å². The van der Waals surface area contributed by atoms with Crippen molar-refractivity contribution in [3.05, 3.63) is 35.4 Å². The van der Waals surface area contributed by atoms with Crippen LogP contribution in [-0.4, -0.2) is 27.9 Å². The van der Waals surface area contributed by atoms with Crippen molar-refractivity contribution >= 4 is 11.6 Å². The SMILES string of the molecule is Fc1ccc(-c2nncn2C2CCNC2)cc1Cl. The molecule has 2 aromatic rings. The topological polar surface area (TPSA) is 42.7 Å². The Balaban J connectivity index is 2.00. The predicted molar refractivity (Wildman–Crippen MR) is 66.9 cm³/mol. The van der Waals surface area contributed by atoms with Crippen molar-refractivity contribution in [2.75, 3.05) is 13.1 Å². The highest BCUT2D eigenvalue weighted by Crippen LogP contribution is 2.26. The number of benzene rings is 1. The van der Waals surface area contributed by atoms with Gasteiger partial charge in [-0.05, 0) is 31.2 Å². The summed E-state index contributed by atoms with van der Waals surface area (Å²) in [6, 6.07) is 4.95. The average molecular weight is 267 g/mol. The highest BCUT2D eigenvalue weighted by atomic mass is 35.5. The summed E-state index contributed by atoms with van der Waals surface area (Å²) in [6.07, 6.45) is 2.75. The van der Waals surface area contributed by atoms with Crippen LogP contribution in [0.5, 0.6) is 0 Å². The highest BCUT2D eigenvalue weighted by Gasteiger charge is 2.20. The van der Waals surface area contributed by atoms with Gasteiger partial charge >= 0.3 is 0 Å². The molecule has 94 valence electrons. The minimum absolute atomic E-state index is 0.103. The van der Waals surface area contributed by atoms with Gasteiger partial charge in [-0.2, -0.15) is 0 Å². The van der Waals surface area contributed by atoms with Gasteiger partial charge in [0.15, 0.2) is 5.82 Å². The van der Waals surface area contributed by atoms with Gasteiger partial charge in [0.1, 0.15) is 12.1 Å². The van der Waals surface area contributed by atoms with Gasteiger partial charge in [0.25, 0.3) is 0 Å². The van der Waals surface area contributed by atoms with Crippen LogP contribution in [0.4, 0.5) is 4.39 Å². The first-order valence-corrected chi connectivity index (χ1v) is 6.19. The Morgan fingerprint density at radius 1 is 1.44 bits per heavy atom. The standard InChI is InChI=1S/C12H12ClFN4/c13-10-5-8(1-2-11(10)14)12-17-16-7-18(12)9-3-4-15-6-9/h1-2,5,7,9,15H,3-4,6H2. The Hall–Kier alpha value is -1.46. The van der Waals surface area contributed by atoms with Crippen LogP contribution in [-0.2, 0) is 0 Å². The highest BCUT2D eigenvalue weighted by molar-refractivity contribution is 6.31. The fourth-order valence-electron chi connectivity index (χ4n) is 2.23. The summed E-state index contributed by atoms with van der Waals surface area (Å²) in [5.41, 5.74) is 0.783. The lowest BCUT2D eigenvalue weighted by molar-refractivity contribution is 0.550. The lowest BCUT2D eigenvalue weighted by atomic mass is 10.2.